The van der Waals surface area contributed by atoms with Crippen LogP contribution in [0.2, 0.25) is 10.0 Å². The number of benzene rings is 2. The lowest BCUT2D eigenvalue weighted by Crippen LogP contribution is -2.00. The third-order valence-corrected chi connectivity index (χ3v) is 6.54. The zero-order valence-electron chi connectivity index (χ0n) is 17.8. The van der Waals surface area contributed by atoms with E-state index >= 15 is 0 Å². The van der Waals surface area contributed by atoms with Gasteiger partial charge in [-0.3, -0.25) is 4.98 Å². The largest absolute Gasteiger partial charge is 0.493 e. The van der Waals surface area contributed by atoms with E-state index in [0.717, 1.165) is 27.3 Å². The maximum atomic E-state index is 6.14. The summed E-state index contributed by atoms with van der Waals surface area (Å²) in [7, 11) is 1.59. The zero-order valence-corrected chi connectivity index (χ0v) is 20.2. The van der Waals surface area contributed by atoms with Gasteiger partial charge >= 0.3 is 0 Å². The predicted molar refractivity (Wildman–Crippen MR) is 136 cm³/mol. The summed E-state index contributed by atoms with van der Waals surface area (Å²) in [6, 6.07) is 12.8. The number of anilines is 2. The van der Waals surface area contributed by atoms with E-state index in [4.69, 9.17) is 32.7 Å². The maximum Gasteiger partial charge on any atom is 0.163 e. The molecule has 0 aliphatic rings. The first-order chi connectivity index (χ1) is 16.6. The fourth-order valence-corrected chi connectivity index (χ4v) is 4.33. The highest BCUT2D eigenvalue weighted by Gasteiger charge is 2.14. The van der Waals surface area contributed by atoms with Crippen molar-refractivity contribution >= 4 is 56.9 Å². The Labute approximate surface area is 209 Å². The van der Waals surface area contributed by atoms with Crippen molar-refractivity contribution in [2.24, 2.45) is 0 Å². The second-order valence-corrected chi connectivity index (χ2v) is 8.90. The first-order valence-corrected chi connectivity index (χ1v) is 11.8. The number of rotatable bonds is 7. The van der Waals surface area contributed by atoms with Gasteiger partial charge in [-0.15, -0.1) is 11.3 Å². The second kappa shape index (κ2) is 9.80. The molecule has 0 spiro atoms. The molecule has 0 radical (unpaired) electrons. The van der Waals surface area contributed by atoms with Gasteiger partial charge in [0.2, 0.25) is 0 Å². The Morgan fingerprint density at radius 1 is 0.971 bits per heavy atom. The van der Waals surface area contributed by atoms with Crippen molar-refractivity contribution in [1.82, 2.24) is 19.9 Å². The molecule has 2 aromatic carbocycles. The van der Waals surface area contributed by atoms with Crippen molar-refractivity contribution in [1.29, 1.82) is 0 Å². The van der Waals surface area contributed by atoms with E-state index in [1.165, 1.54) is 17.7 Å². The lowest BCUT2D eigenvalue weighted by molar-refractivity contribution is 0.284. The Morgan fingerprint density at radius 2 is 1.82 bits per heavy atom. The molecule has 0 saturated heterocycles. The number of aromatic nitrogens is 4. The molecule has 10 heteroatoms. The van der Waals surface area contributed by atoms with E-state index < -0.39 is 0 Å². The lowest BCUT2D eigenvalue weighted by atomic mass is 10.2. The lowest BCUT2D eigenvalue weighted by Gasteiger charge is -2.13. The molecule has 0 atom stereocenters. The quantitative estimate of drug-likeness (QED) is 0.258. The molecule has 0 unspecified atom stereocenters. The number of ether oxygens (including phenoxy) is 2. The summed E-state index contributed by atoms with van der Waals surface area (Å²) in [5.74, 6) is 1.73. The molecule has 5 aromatic rings. The molecule has 0 aliphatic heterocycles. The third kappa shape index (κ3) is 4.75. The normalized spacial score (nSPS) is 10.9. The summed E-state index contributed by atoms with van der Waals surface area (Å²) in [6.45, 7) is 0.303. The SMILES string of the molecule is COc1cc2c(Nc3ccc(Cl)c(Cl)c3)ncnc2cc1OCc1nc(-c2ccncc2)cs1. The average Bonchev–Trinajstić information content (AvgIpc) is 3.34. The van der Waals surface area contributed by atoms with E-state index in [1.807, 2.05) is 35.7 Å². The van der Waals surface area contributed by atoms with Gasteiger partial charge in [-0.25, -0.2) is 15.0 Å². The minimum atomic E-state index is 0.303. The Kier molecular flexibility index (Phi) is 6.44. The van der Waals surface area contributed by atoms with Gasteiger partial charge in [0.1, 0.15) is 23.8 Å². The molecule has 170 valence electrons. The van der Waals surface area contributed by atoms with Crippen LogP contribution in [0.1, 0.15) is 5.01 Å². The van der Waals surface area contributed by atoms with Gasteiger partial charge in [0.05, 0.1) is 28.4 Å². The molecule has 0 fully saturated rings. The van der Waals surface area contributed by atoms with E-state index in [0.29, 0.717) is 39.5 Å². The topological polar surface area (TPSA) is 82.0 Å². The number of nitrogens with one attached hydrogen (secondary N) is 1. The van der Waals surface area contributed by atoms with Crippen LogP contribution in [0.25, 0.3) is 22.2 Å². The van der Waals surface area contributed by atoms with Crippen LogP contribution >= 0.6 is 34.5 Å². The number of hydrogen-bond donors (Lipinski definition) is 1. The number of methoxy groups -OCH3 is 1. The van der Waals surface area contributed by atoms with Crippen molar-refractivity contribution in [2.45, 2.75) is 6.61 Å². The summed E-state index contributed by atoms with van der Waals surface area (Å²) in [6.07, 6.45) is 4.98. The van der Waals surface area contributed by atoms with E-state index in [-0.39, 0.29) is 0 Å². The van der Waals surface area contributed by atoms with E-state index in [2.05, 4.69) is 25.3 Å². The van der Waals surface area contributed by atoms with Crippen molar-refractivity contribution in [3.05, 3.63) is 81.6 Å². The molecule has 1 N–H and O–H groups in total. The molecule has 5 rings (SSSR count). The average molecular weight is 510 g/mol. The first kappa shape index (κ1) is 22.3. The minimum Gasteiger partial charge on any atom is -0.493 e. The number of thiazole rings is 1. The van der Waals surface area contributed by atoms with Gasteiger partial charge < -0.3 is 14.8 Å². The van der Waals surface area contributed by atoms with Gasteiger partial charge in [-0.2, -0.15) is 0 Å². The molecule has 34 heavy (non-hydrogen) atoms. The van der Waals surface area contributed by atoms with Crippen LogP contribution in [0.4, 0.5) is 11.5 Å². The minimum absolute atomic E-state index is 0.303. The second-order valence-electron chi connectivity index (χ2n) is 7.15. The van der Waals surface area contributed by atoms with Crippen LogP contribution < -0.4 is 14.8 Å². The maximum absolute atomic E-state index is 6.14. The molecular weight excluding hydrogens is 493 g/mol. The van der Waals surface area contributed by atoms with Gasteiger partial charge in [-0.1, -0.05) is 23.2 Å². The Morgan fingerprint density at radius 3 is 2.62 bits per heavy atom. The van der Waals surface area contributed by atoms with Crippen LogP contribution in [-0.4, -0.2) is 27.0 Å². The molecule has 0 aliphatic carbocycles. The Hall–Kier alpha value is -3.46. The molecule has 0 bridgehead atoms. The number of hydrogen-bond acceptors (Lipinski definition) is 8. The van der Waals surface area contributed by atoms with Crippen LogP contribution in [0.15, 0.2) is 66.6 Å². The van der Waals surface area contributed by atoms with E-state index in [9.17, 15) is 0 Å². The summed E-state index contributed by atoms with van der Waals surface area (Å²) >= 11 is 13.7. The highest BCUT2D eigenvalue weighted by atomic mass is 35.5. The smallest absolute Gasteiger partial charge is 0.163 e. The first-order valence-electron chi connectivity index (χ1n) is 10.1. The Balaban J connectivity index is 1.39. The standard InChI is InChI=1S/C24H17Cl2N5O2S/c1-32-21-9-16-19(28-13-29-24(16)30-15-2-3-17(25)18(26)8-15)10-22(21)33-11-23-31-20(12-34-23)14-4-6-27-7-5-14/h2-10,12-13H,11H2,1H3,(H,28,29,30). The molecule has 7 nitrogen and oxygen atoms in total. The van der Waals surface area contributed by atoms with Crippen LogP contribution in [0.3, 0.4) is 0 Å². The highest BCUT2D eigenvalue weighted by Crippen LogP contribution is 2.36. The molecule has 3 heterocycles. The van der Waals surface area contributed by atoms with Crippen LogP contribution in [0.5, 0.6) is 11.5 Å². The summed E-state index contributed by atoms with van der Waals surface area (Å²) in [5.41, 5.74) is 3.36. The summed E-state index contributed by atoms with van der Waals surface area (Å²) in [4.78, 5) is 17.5. The van der Waals surface area contributed by atoms with Crippen molar-refractivity contribution in [3.8, 4) is 22.8 Å². The molecule has 0 amide bonds. The number of fused-ring (bicyclic) bond motifs is 1. The fourth-order valence-electron chi connectivity index (χ4n) is 3.32. The number of nitrogens with zero attached hydrogens (tertiary/aromatic N) is 4. The molecule has 3 aromatic heterocycles. The number of halogens is 2. The fraction of sp³-hybridized carbons (Fsp3) is 0.0833. The number of pyridine rings is 1. The van der Waals surface area contributed by atoms with Gasteiger partial charge in [0.15, 0.2) is 11.5 Å². The zero-order chi connectivity index (χ0) is 23.5. The van der Waals surface area contributed by atoms with Gasteiger partial charge in [0, 0.05) is 40.5 Å². The van der Waals surface area contributed by atoms with E-state index in [1.54, 1.807) is 31.6 Å². The molecular formula is C24H17Cl2N5O2S. The van der Waals surface area contributed by atoms with Crippen LogP contribution in [-0.2, 0) is 6.61 Å². The third-order valence-electron chi connectivity index (χ3n) is 4.98. The monoisotopic (exact) mass is 509 g/mol. The van der Waals surface area contributed by atoms with Crippen molar-refractivity contribution in [2.75, 3.05) is 12.4 Å². The summed E-state index contributed by atoms with van der Waals surface area (Å²) in [5, 5.41) is 7.81. The van der Waals surface area contributed by atoms with Crippen molar-refractivity contribution < 1.29 is 9.47 Å². The van der Waals surface area contributed by atoms with Crippen molar-refractivity contribution in [3.63, 3.8) is 0 Å². The van der Waals surface area contributed by atoms with Crippen LogP contribution in [0, 0.1) is 0 Å². The summed E-state index contributed by atoms with van der Waals surface area (Å²) < 4.78 is 11.6. The molecule has 0 saturated carbocycles. The highest BCUT2D eigenvalue weighted by molar-refractivity contribution is 7.09. The predicted octanol–water partition coefficient (Wildman–Crippen LogP) is 6.79. The van der Waals surface area contributed by atoms with Gasteiger partial charge in [-0.05, 0) is 36.4 Å². The van der Waals surface area contributed by atoms with Gasteiger partial charge in [0.25, 0.3) is 0 Å². The Bertz CT molecular complexity index is 1460.